The van der Waals surface area contributed by atoms with Gasteiger partial charge in [0.1, 0.15) is 5.75 Å². The number of carbonyl (C=O) groups excluding carboxylic acids is 1. The summed E-state index contributed by atoms with van der Waals surface area (Å²) in [4.78, 5) is 13.8. The molecule has 0 spiro atoms. The van der Waals surface area contributed by atoms with E-state index < -0.39 is 0 Å². The van der Waals surface area contributed by atoms with E-state index in [1.165, 1.54) is 0 Å². The number of methoxy groups -OCH3 is 1. The van der Waals surface area contributed by atoms with Gasteiger partial charge in [-0.05, 0) is 25.1 Å². The number of esters is 1. The summed E-state index contributed by atoms with van der Waals surface area (Å²) in [5, 5.41) is 5.07. The van der Waals surface area contributed by atoms with E-state index in [0.29, 0.717) is 23.9 Å². The standard InChI is InChI=1S/C17H20ClN3O3/c1-3-24-17(22)11-20-6-7-21-16(10-20)14(9-19-21)13-5-4-12(23-2)8-15(13)18/h4-5,8-9H,3,6-7,10-11H2,1-2H3. The number of ether oxygens (including phenoxy) is 2. The molecule has 6 nitrogen and oxygen atoms in total. The van der Waals surface area contributed by atoms with Gasteiger partial charge < -0.3 is 9.47 Å². The van der Waals surface area contributed by atoms with Crippen molar-refractivity contribution in [3.63, 3.8) is 0 Å². The van der Waals surface area contributed by atoms with Crippen LogP contribution in [0.1, 0.15) is 12.6 Å². The molecular formula is C17H20ClN3O3. The third kappa shape index (κ3) is 3.39. The van der Waals surface area contributed by atoms with Crippen molar-refractivity contribution < 1.29 is 14.3 Å². The maximum Gasteiger partial charge on any atom is 0.320 e. The first-order chi connectivity index (χ1) is 11.6. The first kappa shape index (κ1) is 16.8. The van der Waals surface area contributed by atoms with Gasteiger partial charge in [-0.2, -0.15) is 5.10 Å². The molecule has 24 heavy (non-hydrogen) atoms. The van der Waals surface area contributed by atoms with Crippen molar-refractivity contribution >= 4 is 17.6 Å². The lowest BCUT2D eigenvalue weighted by Gasteiger charge is -2.27. The summed E-state index contributed by atoms with van der Waals surface area (Å²) in [6.07, 6.45) is 1.83. The molecule has 0 N–H and O–H groups in total. The maximum absolute atomic E-state index is 11.7. The van der Waals surface area contributed by atoms with Gasteiger partial charge in [-0.25, -0.2) is 0 Å². The van der Waals surface area contributed by atoms with Crippen LogP contribution in [0.15, 0.2) is 24.4 Å². The Bertz CT molecular complexity index is 745. The van der Waals surface area contributed by atoms with Crippen molar-refractivity contribution in [3.05, 3.63) is 35.1 Å². The average Bonchev–Trinajstić information content (AvgIpc) is 2.98. The third-order valence-electron chi connectivity index (χ3n) is 4.07. The zero-order valence-corrected chi connectivity index (χ0v) is 14.5. The van der Waals surface area contributed by atoms with Crippen LogP contribution in [0, 0.1) is 0 Å². The van der Waals surface area contributed by atoms with Gasteiger partial charge in [-0.15, -0.1) is 0 Å². The number of halogens is 1. The predicted molar refractivity (Wildman–Crippen MR) is 91.1 cm³/mol. The van der Waals surface area contributed by atoms with Gasteiger partial charge in [-0.3, -0.25) is 14.4 Å². The largest absolute Gasteiger partial charge is 0.497 e. The van der Waals surface area contributed by atoms with Gasteiger partial charge in [0, 0.05) is 24.2 Å². The molecule has 1 aliphatic rings. The molecule has 0 bridgehead atoms. The van der Waals surface area contributed by atoms with Crippen LogP contribution in [-0.4, -0.2) is 47.5 Å². The molecule has 0 aliphatic carbocycles. The predicted octanol–water partition coefficient (Wildman–Crippen LogP) is 2.59. The summed E-state index contributed by atoms with van der Waals surface area (Å²) in [6, 6.07) is 5.61. The highest BCUT2D eigenvalue weighted by Crippen LogP contribution is 2.34. The Labute approximate surface area is 145 Å². The van der Waals surface area contributed by atoms with E-state index in [1.807, 2.05) is 29.9 Å². The van der Waals surface area contributed by atoms with Crippen LogP contribution in [-0.2, 0) is 22.6 Å². The minimum absolute atomic E-state index is 0.200. The van der Waals surface area contributed by atoms with Crippen LogP contribution >= 0.6 is 11.6 Å². The van der Waals surface area contributed by atoms with Crippen LogP contribution in [0.5, 0.6) is 5.75 Å². The number of hydrogen-bond acceptors (Lipinski definition) is 5. The average molecular weight is 350 g/mol. The SMILES string of the molecule is CCOC(=O)CN1CCn2ncc(-c3ccc(OC)cc3Cl)c2C1. The number of carbonyl (C=O) groups is 1. The second-order valence-corrected chi connectivity index (χ2v) is 6.00. The van der Waals surface area contributed by atoms with Gasteiger partial charge >= 0.3 is 5.97 Å². The van der Waals surface area contributed by atoms with E-state index in [-0.39, 0.29) is 12.5 Å². The van der Waals surface area contributed by atoms with E-state index in [4.69, 9.17) is 21.1 Å². The maximum atomic E-state index is 11.7. The molecule has 1 aromatic carbocycles. The normalized spacial score (nSPS) is 14.3. The fourth-order valence-electron chi connectivity index (χ4n) is 2.89. The lowest BCUT2D eigenvalue weighted by molar-refractivity contribution is -0.144. The van der Waals surface area contributed by atoms with Gasteiger partial charge in [0.2, 0.25) is 0 Å². The summed E-state index contributed by atoms with van der Waals surface area (Å²) in [5.74, 6) is 0.517. The van der Waals surface area contributed by atoms with Crippen molar-refractivity contribution in [2.24, 2.45) is 0 Å². The molecule has 0 saturated carbocycles. The van der Waals surface area contributed by atoms with E-state index in [9.17, 15) is 4.79 Å². The third-order valence-corrected chi connectivity index (χ3v) is 4.39. The molecule has 7 heteroatoms. The second kappa shape index (κ2) is 7.23. The van der Waals surface area contributed by atoms with Crippen molar-refractivity contribution in [3.8, 4) is 16.9 Å². The quantitative estimate of drug-likeness (QED) is 0.777. The van der Waals surface area contributed by atoms with Crippen molar-refractivity contribution in [2.45, 2.75) is 20.0 Å². The molecule has 0 radical (unpaired) electrons. The first-order valence-corrected chi connectivity index (χ1v) is 8.26. The molecular weight excluding hydrogens is 330 g/mol. The minimum atomic E-state index is -0.200. The highest BCUT2D eigenvalue weighted by atomic mass is 35.5. The van der Waals surface area contributed by atoms with E-state index in [1.54, 1.807) is 13.2 Å². The van der Waals surface area contributed by atoms with Gasteiger partial charge in [0.15, 0.2) is 0 Å². The number of fused-ring (bicyclic) bond motifs is 1. The van der Waals surface area contributed by atoms with Crippen LogP contribution in [0.4, 0.5) is 0 Å². The van der Waals surface area contributed by atoms with Gasteiger partial charge in [0.05, 0.1) is 43.7 Å². The highest BCUT2D eigenvalue weighted by molar-refractivity contribution is 6.33. The Hall–Kier alpha value is -2.05. The number of hydrogen-bond donors (Lipinski definition) is 0. The number of nitrogens with zero attached hydrogens (tertiary/aromatic N) is 3. The fourth-order valence-corrected chi connectivity index (χ4v) is 3.16. The van der Waals surface area contributed by atoms with E-state index in [2.05, 4.69) is 10.00 Å². The van der Waals surface area contributed by atoms with Crippen LogP contribution < -0.4 is 4.74 Å². The summed E-state index contributed by atoms with van der Waals surface area (Å²) in [7, 11) is 1.61. The summed E-state index contributed by atoms with van der Waals surface area (Å²) in [6.45, 7) is 4.64. The smallest absolute Gasteiger partial charge is 0.320 e. The number of aromatic nitrogens is 2. The lowest BCUT2D eigenvalue weighted by atomic mass is 10.0. The summed E-state index contributed by atoms with van der Waals surface area (Å²) < 4.78 is 12.2. The van der Waals surface area contributed by atoms with E-state index >= 15 is 0 Å². The molecule has 128 valence electrons. The van der Waals surface area contributed by atoms with Crippen LogP contribution in [0.3, 0.4) is 0 Å². The molecule has 3 rings (SSSR count). The van der Waals surface area contributed by atoms with Gasteiger partial charge in [-0.1, -0.05) is 11.6 Å². The van der Waals surface area contributed by atoms with E-state index in [0.717, 1.165) is 29.9 Å². The van der Waals surface area contributed by atoms with Gasteiger partial charge in [0.25, 0.3) is 0 Å². The first-order valence-electron chi connectivity index (χ1n) is 7.89. The Balaban J connectivity index is 1.84. The Kier molecular flexibility index (Phi) is 5.06. The molecule has 0 saturated heterocycles. The fraction of sp³-hybridized carbons (Fsp3) is 0.412. The Morgan fingerprint density at radius 2 is 2.17 bits per heavy atom. The van der Waals surface area contributed by atoms with Crippen molar-refractivity contribution in [2.75, 3.05) is 26.8 Å². The molecule has 1 aromatic heterocycles. The Morgan fingerprint density at radius 1 is 1.33 bits per heavy atom. The molecule has 2 aromatic rings. The number of benzene rings is 1. The summed E-state index contributed by atoms with van der Waals surface area (Å²) >= 11 is 6.40. The monoisotopic (exact) mass is 349 g/mol. The number of rotatable bonds is 5. The lowest BCUT2D eigenvalue weighted by Crippen LogP contribution is -2.38. The molecule has 1 aliphatic heterocycles. The Morgan fingerprint density at radius 3 is 2.88 bits per heavy atom. The van der Waals surface area contributed by atoms with Crippen LogP contribution in [0.2, 0.25) is 5.02 Å². The molecule has 0 amide bonds. The summed E-state index contributed by atoms with van der Waals surface area (Å²) in [5.41, 5.74) is 2.95. The second-order valence-electron chi connectivity index (χ2n) is 5.59. The zero-order valence-electron chi connectivity index (χ0n) is 13.8. The van der Waals surface area contributed by atoms with Crippen molar-refractivity contribution in [1.82, 2.24) is 14.7 Å². The molecule has 0 fully saturated rings. The molecule has 0 unspecified atom stereocenters. The highest BCUT2D eigenvalue weighted by Gasteiger charge is 2.23. The molecule has 2 heterocycles. The van der Waals surface area contributed by atoms with Crippen LogP contribution in [0.25, 0.3) is 11.1 Å². The topological polar surface area (TPSA) is 56.6 Å². The zero-order chi connectivity index (χ0) is 17.1. The van der Waals surface area contributed by atoms with Crippen molar-refractivity contribution in [1.29, 1.82) is 0 Å². The molecule has 0 atom stereocenters. The minimum Gasteiger partial charge on any atom is -0.497 e.